The highest BCUT2D eigenvalue weighted by molar-refractivity contribution is 7.12. The van der Waals surface area contributed by atoms with Crippen molar-refractivity contribution in [3.05, 3.63) is 34.3 Å². The van der Waals surface area contributed by atoms with Crippen molar-refractivity contribution in [2.75, 3.05) is 39.4 Å². The normalized spacial score (nSPS) is 17.0. The third-order valence-corrected chi connectivity index (χ3v) is 5.11. The molecule has 0 radical (unpaired) electrons. The Bertz CT molecular complexity index is 747. The van der Waals surface area contributed by atoms with Crippen molar-refractivity contribution in [2.24, 2.45) is 0 Å². The van der Waals surface area contributed by atoms with E-state index in [4.69, 9.17) is 9.47 Å². The number of nitrogens with zero attached hydrogens (tertiary/aromatic N) is 2. The molecule has 7 nitrogen and oxygen atoms in total. The van der Waals surface area contributed by atoms with Crippen LogP contribution in [0.1, 0.15) is 20.2 Å². The SMILES string of the molecule is O=C(c1ccc[nH]1)N1CCN(C(=O)c2scc3c2OCCO3)CC1. The lowest BCUT2D eigenvalue weighted by Crippen LogP contribution is -2.50. The number of aromatic amines is 1. The molecule has 0 atom stereocenters. The van der Waals surface area contributed by atoms with Crippen LogP contribution in [0, 0.1) is 0 Å². The van der Waals surface area contributed by atoms with Crippen molar-refractivity contribution in [3.8, 4) is 11.5 Å². The van der Waals surface area contributed by atoms with Gasteiger partial charge in [-0.2, -0.15) is 0 Å². The molecule has 0 aromatic carbocycles. The first-order valence-corrected chi connectivity index (χ1v) is 8.71. The molecule has 8 heteroatoms. The highest BCUT2D eigenvalue weighted by Crippen LogP contribution is 2.40. The molecule has 1 N–H and O–H groups in total. The minimum Gasteiger partial charge on any atom is -0.485 e. The van der Waals surface area contributed by atoms with Crippen LogP contribution >= 0.6 is 11.3 Å². The van der Waals surface area contributed by atoms with Gasteiger partial charge >= 0.3 is 0 Å². The topological polar surface area (TPSA) is 74.9 Å². The molecule has 2 aliphatic rings. The second-order valence-electron chi connectivity index (χ2n) is 5.62. The Morgan fingerprint density at radius 1 is 1.04 bits per heavy atom. The van der Waals surface area contributed by atoms with Crippen LogP contribution in [0.5, 0.6) is 11.5 Å². The number of thiophene rings is 1. The lowest BCUT2D eigenvalue weighted by molar-refractivity contribution is 0.0531. The van der Waals surface area contributed by atoms with Gasteiger partial charge in [-0.25, -0.2) is 0 Å². The Kier molecular flexibility index (Phi) is 3.89. The predicted molar refractivity (Wildman–Crippen MR) is 87.9 cm³/mol. The molecule has 4 rings (SSSR count). The number of piperazine rings is 1. The van der Waals surface area contributed by atoms with Crippen LogP contribution in [-0.4, -0.2) is 66.0 Å². The summed E-state index contributed by atoms with van der Waals surface area (Å²) >= 11 is 1.35. The number of hydrogen-bond acceptors (Lipinski definition) is 5. The molecule has 1 saturated heterocycles. The van der Waals surface area contributed by atoms with Crippen molar-refractivity contribution in [1.82, 2.24) is 14.8 Å². The molecule has 0 unspecified atom stereocenters. The summed E-state index contributed by atoms with van der Waals surface area (Å²) in [7, 11) is 0. The summed E-state index contributed by atoms with van der Waals surface area (Å²) in [6.07, 6.45) is 1.73. The lowest BCUT2D eigenvalue weighted by Gasteiger charge is -2.34. The van der Waals surface area contributed by atoms with Crippen molar-refractivity contribution in [1.29, 1.82) is 0 Å². The zero-order valence-corrected chi connectivity index (χ0v) is 13.8. The molecule has 1 fully saturated rings. The van der Waals surface area contributed by atoms with E-state index in [9.17, 15) is 9.59 Å². The van der Waals surface area contributed by atoms with Gasteiger partial charge in [0, 0.05) is 37.8 Å². The smallest absolute Gasteiger partial charge is 0.270 e. The maximum atomic E-state index is 12.7. The van der Waals surface area contributed by atoms with E-state index in [0.717, 1.165) is 0 Å². The molecule has 24 heavy (non-hydrogen) atoms. The standard InChI is InChI=1S/C16H17N3O4S/c20-15(11-2-1-3-17-11)18-4-6-19(7-5-18)16(21)14-13-12(10-24-14)22-8-9-23-13/h1-3,10,17H,4-9H2. The van der Waals surface area contributed by atoms with Crippen LogP contribution in [0.2, 0.25) is 0 Å². The number of carbonyl (C=O) groups excluding carboxylic acids is 2. The minimum absolute atomic E-state index is 0.0302. The number of rotatable bonds is 2. The van der Waals surface area contributed by atoms with E-state index in [-0.39, 0.29) is 11.8 Å². The maximum Gasteiger partial charge on any atom is 0.270 e. The zero-order chi connectivity index (χ0) is 16.5. The first-order valence-electron chi connectivity index (χ1n) is 7.83. The van der Waals surface area contributed by atoms with E-state index < -0.39 is 0 Å². The molecule has 4 heterocycles. The molecule has 0 bridgehead atoms. The van der Waals surface area contributed by atoms with Crippen molar-refractivity contribution in [2.45, 2.75) is 0 Å². The molecular weight excluding hydrogens is 330 g/mol. The number of aromatic nitrogens is 1. The third-order valence-electron chi connectivity index (χ3n) is 4.18. The molecule has 0 aliphatic carbocycles. The van der Waals surface area contributed by atoms with Gasteiger partial charge < -0.3 is 24.3 Å². The number of ether oxygens (including phenoxy) is 2. The summed E-state index contributed by atoms with van der Waals surface area (Å²) in [5.41, 5.74) is 0.577. The van der Waals surface area contributed by atoms with E-state index in [1.807, 2.05) is 5.38 Å². The van der Waals surface area contributed by atoms with Crippen LogP contribution in [0.25, 0.3) is 0 Å². The molecule has 0 spiro atoms. The van der Waals surface area contributed by atoms with Crippen molar-refractivity contribution >= 4 is 23.2 Å². The first-order chi connectivity index (χ1) is 11.7. The van der Waals surface area contributed by atoms with Crippen LogP contribution in [0.3, 0.4) is 0 Å². The fraction of sp³-hybridized carbons (Fsp3) is 0.375. The number of nitrogens with one attached hydrogen (secondary N) is 1. The second kappa shape index (κ2) is 6.20. The van der Waals surface area contributed by atoms with E-state index >= 15 is 0 Å². The second-order valence-corrected chi connectivity index (χ2v) is 6.50. The van der Waals surface area contributed by atoms with E-state index in [2.05, 4.69) is 4.98 Å². The number of hydrogen-bond donors (Lipinski definition) is 1. The Labute approximate surface area is 142 Å². The quantitative estimate of drug-likeness (QED) is 0.892. The fourth-order valence-corrected chi connectivity index (χ4v) is 3.80. The van der Waals surface area contributed by atoms with Crippen LogP contribution < -0.4 is 9.47 Å². The van der Waals surface area contributed by atoms with Gasteiger partial charge in [-0.1, -0.05) is 0 Å². The summed E-state index contributed by atoms with van der Waals surface area (Å²) in [6.45, 7) is 3.04. The average Bonchev–Trinajstić information content (AvgIpc) is 3.30. The van der Waals surface area contributed by atoms with Gasteiger partial charge in [-0.3, -0.25) is 9.59 Å². The maximum absolute atomic E-state index is 12.7. The van der Waals surface area contributed by atoms with Crippen molar-refractivity contribution in [3.63, 3.8) is 0 Å². The van der Waals surface area contributed by atoms with Gasteiger partial charge in [0.1, 0.15) is 23.8 Å². The number of fused-ring (bicyclic) bond motifs is 1. The molecule has 2 amide bonds. The Balaban J connectivity index is 1.41. The van der Waals surface area contributed by atoms with Crippen LogP contribution in [-0.2, 0) is 0 Å². The summed E-state index contributed by atoms with van der Waals surface area (Å²) in [5.74, 6) is 1.12. The Hall–Kier alpha value is -2.48. The highest BCUT2D eigenvalue weighted by atomic mass is 32.1. The number of H-pyrrole nitrogens is 1. The highest BCUT2D eigenvalue weighted by Gasteiger charge is 2.30. The molecule has 2 aromatic heterocycles. The molecule has 2 aliphatic heterocycles. The molecular formula is C16H17N3O4S. The monoisotopic (exact) mass is 347 g/mol. The number of carbonyl (C=O) groups is 2. The first kappa shape index (κ1) is 15.1. The van der Waals surface area contributed by atoms with Gasteiger partial charge in [-0.15, -0.1) is 11.3 Å². The van der Waals surface area contributed by atoms with E-state index in [1.165, 1.54) is 11.3 Å². The van der Waals surface area contributed by atoms with Gasteiger partial charge in [-0.05, 0) is 12.1 Å². The summed E-state index contributed by atoms with van der Waals surface area (Å²) in [5, 5.41) is 1.81. The Morgan fingerprint density at radius 2 is 1.75 bits per heavy atom. The third kappa shape index (κ3) is 2.62. The van der Waals surface area contributed by atoms with E-state index in [1.54, 1.807) is 28.1 Å². The fourth-order valence-electron chi connectivity index (χ4n) is 2.90. The lowest BCUT2D eigenvalue weighted by atomic mass is 10.2. The van der Waals surface area contributed by atoms with Gasteiger partial charge in [0.2, 0.25) is 0 Å². The van der Waals surface area contributed by atoms with Gasteiger partial charge in [0.25, 0.3) is 11.8 Å². The van der Waals surface area contributed by atoms with Gasteiger partial charge in [0.05, 0.1) is 0 Å². The Morgan fingerprint density at radius 3 is 2.46 bits per heavy atom. The molecule has 0 saturated carbocycles. The minimum atomic E-state index is -0.0567. The summed E-state index contributed by atoms with van der Waals surface area (Å²) in [6, 6.07) is 3.56. The van der Waals surface area contributed by atoms with Crippen LogP contribution in [0.4, 0.5) is 0 Å². The van der Waals surface area contributed by atoms with Crippen LogP contribution in [0.15, 0.2) is 23.7 Å². The largest absolute Gasteiger partial charge is 0.485 e. The molecule has 126 valence electrons. The summed E-state index contributed by atoms with van der Waals surface area (Å²) < 4.78 is 11.1. The average molecular weight is 347 g/mol. The summed E-state index contributed by atoms with van der Waals surface area (Å²) in [4.78, 5) is 32.1. The van der Waals surface area contributed by atoms with Gasteiger partial charge in [0.15, 0.2) is 11.5 Å². The molecule has 2 aromatic rings. The zero-order valence-electron chi connectivity index (χ0n) is 13.0. The predicted octanol–water partition coefficient (Wildman–Crippen LogP) is 1.45. The van der Waals surface area contributed by atoms with E-state index in [0.29, 0.717) is 61.5 Å². The number of amides is 2. The van der Waals surface area contributed by atoms with Crippen molar-refractivity contribution < 1.29 is 19.1 Å².